The molecule has 2 aromatic rings. The highest BCUT2D eigenvalue weighted by molar-refractivity contribution is 5.52. The minimum atomic E-state index is -0.852. The van der Waals surface area contributed by atoms with Gasteiger partial charge in [-0.1, -0.05) is 35.9 Å². The third-order valence-electron chi connectivity index (χ3n) is 3.83. The van der Waals surface area contributed by atoms with Crippen molar-refractivity contribution < 1.29 is 5.11 Å². The molecule has 2 heteroatoms. The van der Waals surface area contributed by atoms with E-state index in [4.69, 9.17) is 5.73 Å². The van der Waals surface area contributed by atoms with E-state index in [1.807, 2.05) is 43.3 Å². The summed E-state index contributed by atoms with van der Waals surface area (Å²) in [6.45, 7) is 2.05. The molecule has 2 aromatic carbocycles. The van der Waals surface area contributed by atoms with Crippen LogP contribution < -0.4 is 5.73 Å². The Morgan fingerprint density at radius 1 is 1.17 bits per heavy atom. The molecule has 0 spiro atoms. The standard InChI is InChI=1S/C16H17NO/c1-11-3-2-4-13(9-11)16(18)8-7-12-10-14(17)5-6-15(12)16/h2-6,9-10,18H,7-8,17H2,1H3. The van der Waals surface area contributed by atoms with Crippen LogP contribution in [0.15, 0.2) is 42.5 Å². The molecule has 3 N–H and O–H groups in total. The van der Waals surface area contributed by atoms with Gasteiger partial charge in [-0.05, 0) is 48.6 Å². The van der Waals surface area contributed by atoms with Crippen LogP contribution in [0, 0.1) is 6.92 Å². The number of anilines is 1. The van der Waals surface area contributed by atoms with Gasteiger partial charge < -0.3 is 10.8 Å². The number of fused-ring (bicyclic) bond motifs is 1. The van der Waals surface area contributed by atoms with Crippen LogP contribution in [0.3, 0.4) is 0 Å². The van der Waals surface area contributed by atoms with Gasteiger partial charge in [-0.15, -0.1) is 0 Å². The number of nitrogen functional groups attached to an aromatic ring is 1. The lowest BCUT2D eigenvalue weighted by atomic mass is 9.87. The summed E-state index contributed by atoms with van der Waals surface area (Å²) >= 11 is 0. The molecular weight excluding hydrogens is 222 g/mol. The molecule has 0 saturated heterocycles. The van der Waals surface area contributed by atoms with E-state index in [9.17, 15) is 5.11 Å². The van der Waals surface area contributed by atoms with Gasteiger partial charge in [0.05, 0.1) is 0 Å². The third kappa shape index (κ3) is 1.61. The van der Waals surface area contributed by atoms with Crippen LogP contribution in [0.1, 0.15) is 28.7 Å². The molecule has 3 rings (SSSR count). The molecule has 1 unspecified atom stereocenters. The second kappa shape index (κ2) is 3.85. The largest absolute Gasteiger partial charge is 0.399 e. The maximum absolute atomic E-state index is 11.0. The zero-order chi connectivity index (χ0) is 12.8. The van der Waals surface area contributed by atoms with Crippen LogP contribution >= 0.6 is 0 Å². The zero-order valence-corrected chi connectivity index (χ0v) is 10.5. The molecule has 2 nitrogen and oxygen atoms in total. The smallest absolute Gasteiger partial charge is 0.115 e. The van der Waals surface area contributed by atoms with E-state index in [2.05, 4.69) is 6.07 Å². The van der Waals surface area contributed by atoms with E-state index in [-0.39, 0.29) is 0 Å². The van der Waals surface area contributed by atoms with Gasteiger partial charge in [0.25, 0.3) is 0 Å². The van der Waals surface area contributed by atoms with E-state index >= 15 is 0 Å². The van der Waals surface area contributed by atoms with Gasteiger partial charge in [-0.2, -0.15) is 0 Å². The number of aryl methyl sites for hydroxylation is 2. The fourth-order valence-electron chi connectivity index (χ4n) is 2.88. The second-order valence-electron chi connectivity index (χ2n) is 5.15. The van der Waals surface area contributed by atoms with Gasteiger partial charge in [0.2, 0.25) is 0 Å². The second-order valence-corrected chi connectivity index (χ2v) is 5.15. The van der Waals surface area contributed by atoms with Crippen molar-refractivity contribution >= 4 is 5.69 Å². The quantitative estimate of drug-likeness (QED) is 0.752. The fourth-order valence-corrected chi connectivity index (χ4v) is 2.88. The number of benzene rings is 2. The molecule has 0 aromatic heterocycles. The highest BCUT2D eigenvalue weighted by atomic mass is 16.3. The number of aliphatic hydroxyl groups is 1. The van der Waals surface area contributed by atoms with Gasteiger partial charge in [-0.25, -0.2) is 0 Å². The van der Waals surface area contributed by atoms with Crippen molar-refractivity contribution in [2.75, 3.05) is 5.73 Å². The highest BCUT2D eigenvalue weighted by Gasteiger charge is 2.38. The van der Waals surface area contributed by atoms with Crippen molar-refractivity contribution in [1.82, 2.24) is 0 Å². The van der Waals surface area contributed by atoms with Gasteiger partial charge in [0.15, 0.2) is 0 Å². The Morgan fingerprint density at radius 2 is 2.00 bits per heavy atom. The van der Waals surface area contributed by atoms with E-state index < -0.39 is 5.60 Å². The molecular formula is C16H17NO. The van der Waals surface area contributed by atoms with Crippen LogP contribution in [-0.4, -0.2) is 5.11 Å². The summed E-state index contributed by atoms with van der Waals surface area (Å²) in [6.07, 6.45) is 1.61. The molecule has 0 heterocycles. The van der Waals surface area contributed by atoms with E-state index in [1.165, 1.54) is 11.1 Å². The maximum Gasteiger partial charge on any atom is 0.115 e. The van der Waals surface area contributed by atoms with Crippen molar-refractivity contribution in [2.24, 2.45) is 0 Å². The van der Waals surface area contributed by atoms with Crippen molar-refractivity contribution in [2.45, 2.75) is 25.4 Å². The summed E-state index contributed by atoms with van der Waals surface area (Å²) in [6, 6.07) is 13.9. The molecule has 1 aliphatic rings. The SMILES string of the molecule is Cc1cccc(C2(O)CCc3cc(N)ccc32)c1. The molecule has 0 fully saturated rings. The van der Waals surface area contributed by atoms with Crippen molar-refractivity contribution in [3.8, 4) is 0 Å². The van der Waals surface area contributed by atoms with Gasteiger partial charge >= 0.3 is 0 Å². The first-order valence-corrected chi connectivity index (χ1v) is 6.28. The molecule has 1 atom stereocenters. The van der Waals surface area contributed by atoms with E-state index in [1.54, 1.807) is 0 Å². The normalized spacial score (nSPS) is 21.9. The molecule has 0 bridgehead atoms. The van der Waals surface area contributed by atoms with Crippen molar-refractivity contribution in [3.63, 3.8) is 0 Å². The minimum absolute atomic E-state index is 0.731. The van der Waals surface area contributed by atoms with E-state index in [0.29, 0.717) is 0 Å². The number of nitrogens with two attached hydrogens (primary N) is 1. The first-order valence-electron chi connectivity index (χ1n) is 6.28. The molecule has 0 amide bonds. The number of hydrogen-bond acceptors (Lipinski definition) is 2. The molecule has 0 radical (unpaired) electrons. The van der Waals surface area contributed by atoms with Gasteiger partial charge in [0.1, 0.15) is 5.60 Å². The molecule has 0 saturated carbocycles. The van der Waals surface area contributed by atoms with Crippen LogP contribution in [0.5, 0.6) is 0 Å². The summed E-state index contributed by atoms with van der Waals surface area (Å²) in [5.74, 6) is 0. The summed E-state index contributed by atoms with van der Waals surface area (Å²) in [5, 5.41) is 11.0. The highest BCUT2D eigenvalue weighted by Crippen LogP contribution is 2.42. The van der Waals surface area contributed by atoms with Gasteiger partial charge in [-0.3, -0.25) is 0 Å². The molecule has 92 valence electrons. The molecule has 1 aliphatic carbocycles. The lowest BCUT2D eigenvalue weighted by molar-refractivity contribution is 0.0829. The average Bonchev–Trinajstić information content (AvgIpc) is 2.68. The monoisotopic (exact) mass is 239 g/mol. The minimum Gasteiger partial charge on any atom is -0.399 e. The molecule has 18 heavy (non-hydrogen) atoms. The number of hydrogen-bond donors (Lipinski definition) is 2. The lowest BCUT2D eigenvalue weighted by Gasteiger charge is -2.25. The first kappa shape index (κ1) is 11.3. The van der Waals surface area contributed by atoms with Gasteiger partial charge in [0, 0.05) is 5.69 Å². The zero-order valence-electron chi connectivity index (χ0n) is 10.5. The fraction of sp³-hybridized carbons (Fsp3) is 0.250. The van der Waals surface area contributed by atoms with Crippen LogP contribution in [0.4, 0.5) is 5.69 Å². The Kier molecular flexibility index (Phi) is 2.42. The molecule has 0 aliphatic heterocycles. The summed E-state index contributed by atoms with van der Waals surface area (Å²) in [5.41, 5.74) is 10.0. The Morgan fingerprint density at radius 3 is 2.78 bits per heavy atom. The lowest BCUT2D eigenvalue weighted by Crippen LogP contribution is -2.23. The Bertz CT molecular complexity index is 606. The first-order chi connectivity index (χ1) is 8.59. The number of rotatable bonds is 1. The average molecular weight is 239 g/mol. The maximum atomic E-state index is 11.0. The van der Waals surface area contributed by atoms with Crippen LogP contribution in [0.25, 0.3) is 0 Å². The van der Waals surface area contributed by atoms with E-state index in [0.717, 1.165) is 29.7 Å². The van der Waals surface area contributed by atoms with Crippen LogP contribution in [0.2, 0.25) is 0 Å². The van der Waals surface area contributed by atoms with Crippen molar-refractivity contribution in [3.05, 3.63) is 64.7 Å². The van der Waals surface area contributed by atoms with Crippen LogP contribution in [-0.2, 0) is 12.0 Å². The predicted octanol–water partition coefficient (Wildman–Crippen LogP) is 2.76. The Labute approximate surface area is 107 Å². The van der Waals surface area contributed by atoms with Crippen molar-refractivity contribution in [1.29, 1.82) is 0 Å². The third-order valence-corrected chi connectivity index (χ3v) is 3.83. The summed E-state index contributed by atoms with van der Waals surface area (Å²) in [4.78, 5) is 0. The topological polar surface area (TPSA) is 46.2 Å². The predicted molar refractivity (Wildman–Crippen MR) is 73.4 cm³/mol. The summed E-state index contributed by atoms with van der Waals surface area (Å²) < 4.78 is 0. The summed E-state index contributed by atoms with van der Waals surface area (Å²) in [7, 11) is 0. The Balaban J connectivity index is 2.14. The Hall–Kier alpha value is -1.80.